The molecule has 1 saturated heterocycles. The first-order valence-electron chi connectivity index (χ1n) is 9.42. The molecular formula is C21H22FN5O2. The van der Waals surface area contributed by atoms with E-state index >= 15 is 0 Å². The molecule has 0 spiro atoms. The number of rotatable bonds is 6. The van der Waals surface area contributed by atoms with E-state index in [1.54, 1.807) is 30.4 Å². The summed E-state index contributed by atoms with van der Waals surface area (Å²) in [6.07, 6.45) is 4.68. The predicted molar refractivity (Wildman–Crippen MR) is 108 cm³/mol. The minimum absolute atomic E-state index is 0.00107. The van der Waals surface area contributed by atoms with Gasteiger partial charge in [0.2, 0.25) is 5.91 Å². The number of amides is 1. The van der Waals surface area contributed by atoms with Crippen LogP contribution in [0, 0.1) is 11.7 Å². The third kappa shape index (κ3) is 3.78. The second kappa shape index (κ2) is 7.90. The van der Waals surface area contributed by atoms with Crippen molar-refractivity contribution in [2.24, 2.45) is 5.92 Å². The number of hydrogen-bond donors (Lipinski definition) is 2. The second-order valence-corrected chi connectivity index (χ2v) is 6.98. The van der Waals surface area contributed by atoms with Gasteiger partial charge in [0, 0.05) is 42.9 Å². The Morgan fingerprint density at radius 2 is 2.21 bits per heavy atom. The molecule has 29 heavy (non-hydrogen) atoms. The number of ether oxygens (including phenoxy) is 1. The first-order valence-corrected chi connectivity index (χ1v) is 9.42. The van der Waals surface area contributed by atoms with Gasteiger partial charge in [-0.3, -0.25) is 14.8 Å². The molecule has 150 valence electrons. The van der Waals surface area contributed by atoms with Gasteiger partial charge >= 0.3 is 0 Å². The lowest BCUT2D eigenvalue weighted by atomic mass is 9.98. The third-order valence-electron chi connectivity index (χ3n) is 5.17. The number of pyridine rings is 1. The van der Waals surface area contributed by atoms with Gasteiger partial charge in [-0.05, 0) is 42.7 Å². The molecule has 1 aromatic carbocycles. The number of benzene rings is 1. The molecule has 0 bridgehead atoms. The Bertz CT molecular complexity index is 1020. The fraction of sp³-hybridized carbons (Fsp3) is 0.286. The molecule has 3 aromatic rings. The number of carbonyl (C=O) groups excluding carboxylic acids is 1. The zero-order valence-corrected chi connectivity index (χ0v) is 16.3. The van der Waals surface area contributed by atoms with Crippen LogP contribution in [0.1, 0.15) is 12.0 Å². The lowest BCUT2D eigenvalue weighted by Gasteiger charge is -2.18. The van der Waals surface area contributed by atoms with E-state index in [9.17, 15) is 9.18 Å². The summed E-state index contributed by atoms with van der Waals surface area (Å²) in [6.45, 7) is 0.581. The smallest absolute Gasteiger partial charge is 0.231 e. The number of anilines is 2. The molecule has 1 amide bonds. The Kier molecular flexibility index (Phi) is 5.16. The zero-order valence-electron chi connectivity index (χ0n) is 16.3. The molecule has 4 rings (SSSR count). The number of methoxy groups -OCH3 is 1. The standard InChI is InChI=1S/C21H22FN5O2/c1-23-20-18(15-11-24-25-12-15)3-4-19(26-20)27-6-5-14(21(27)28)7-13-8-16(22)10-17(9-13)29-2/h3-4,8-12,14H,5-7H2,1-2H3,(H,23,26)(H,24,25). The number of hydrogen-bond acceptors (Lipinski definition) is 5. The largest absolute Gasteiger partial charge is 0.497 e. The fourth-order valence-corrected chi connectivity index (χ4v) is 3.72. The van der Waals surface area contributed by atoms with Crippen molar-refractivity contribution >= 4 is 17.5 Å². The lowest BCUT2D eigenvalue weighted by molar-refractivity contribution is -0.120. The van der Waals surface area contributed by atoms with E-state index < -0.39 is 0 Å². The molecule has 1 aliphatic heterocycles. The Hall–Kier alpha value is -3.42. The molecule has 1 unspecified atom stereocenters. The first kappa shape index (κ1) is 18.9. The number of aromatic amines is 1. The van der Waals surface area contributed by atoms with E-state index in [4.69, 9.17) is 4.74 Å². The molecule has 2 aromatic heterocycles. The van der Waals surface area contributed by atoms with E-state index in [0.29, 0.717) is 36.8 Å². The number of nitrogens with zero attached hydrogens (tertiary/aromatic N) is 3. The summed E-state index contributed by atoms with van der Waals surface area (Å²) in [5.41, 5.74) is 2.57. The lowest BCUT2D eigenvalue weighted by Crippen LogP contribution is -2.28. The normalized spacial score (nSPS) is 16.3. The summed E-state index contributed by atoms with van der Waals surface area (Å²) >= 11 is 0. The highest BCUT2D eigenvalue weighted by Crippen LogP contribution is 2.32. The van der Waals surface area contributed by atoms with E-state index in [2.05, 4.69) is 20.5 Å². The summed E-state index contributed by atoms with van der Waals surface area (Å²) in [7, 11) is 3.29. The number of H-pyrrole nitrogens is 1. The average molecular weight is 395 g/mol. The van der Waals surface area contributed by atoms with Crippen molar-refractivity contribution in [3.63, 3.8) is 0 Å². The van der Waals surface area contributed by atoms with Crippen LogP contribution in [0.3, 0.4) is 0 Å². The maximum absolute atomic E-state index is 13.8. The molecule has 1 aliphatic rings. The molecule has 0 aliphatic carbocycles. The predicted octanol–water partition coefficient (Wildman–Crippen LogP) is 3.26. The molecule has 1 atom stereocenters. The molecule has 8 heteroatoms. The van der Waals surface area contributed by atoms with E-state index in [0.717, 1.165) is 16.7 Å². The fourth-order valence-electron chi connectivity index (χ4n) is 3.72. The Morgan fingerprint density at radius 3 is 2.93 bits per heavy atom. The van der Waals surface area contributed by atoms with Crippen molar-refractivity contribution in [3.05, 3.63) is 54.1 Å². The maximum Gasteiger partial charge on any atom is 0.231 e. The van der Waals surface area contributed by atoms with Crippen molar-refractivity contribution in [1.82, 2.24) is 15.2 Å². The zero-order chi connectivity index (χ0) is 20.4. The van der Waals surface area contributed by atoms with Crippen molar-refractivity contribution in [3.8, 4) is 16.9 Å². The topological polar surface area (TPSA) is 83.1 Å². The Balaban J connectivity index is 1.54. The molecule has 0 radical (unpaired) electrons. The van der Waals surface area contributed by atoms with Gasteiger partial charge in [0.25, 0.3) is 0 Å². The number of nitrogens with one attached hydrogen (secondary N) is 2. The highest BCUT2D eigenvalue weighted by Gasteiger charge is 2.33. The molecular weight excluding hydrogens is 373 g/mol. The highest BCUT2D eigenvalue weighted by atomic mass is 19.1. The van der Waals surface area contributed by atoms with Crippen LogP contribution in [0.4, 0.5) is 16.0 Å². The molecule has 1 fully saturated rings. The number of halogens is 1. The van der Waals surface area contributed by atoms with E-state index in [1.165, 1.54) is 19.2 Å². The van der Waals surface area contributed by atoms with Crippen molar-refractivity contribution in [1.29, 1.82) is 0 Å². The van der Waals surface area contributed by atoms with Crippen LogP contribution < -0.4 is 15.0 Å². The summed E-state index contributed by atoms with van der Waals surface area (Å²) in [4.78, 5) is 19.3. The van der Waals surface area contributed by atoms with Gasteiger partial charge in [-0.1, -0.05) is 0 Å². The van der Waals surface area contributed by atoms with Crippen molar-refractivity contribution in [2.45, 2.75) is 12.8 Å². The molecule has 3 heterocycles. The minimum atomic E-state index is -0.364. The van der Waals surface area contributed by atoms with Gasteiger partial charge in [-0.15, -0.1) is 0 Å². The first-order chi connectivity index (χ1) is 14.1. The van der Waals surface area contributed by atoms with Crippen LogP contribution in [0.2, 0.25) is 0 Å². The quantitative estimate of drug-likeness (QED) is 0.669. The van der Waals surface area contributed by atoms with Gasteiger partial charge in [-0.25, -0.2) is 9.37 Å². The van der Waals surface area contributed by atoms with E-state index in [1.807, 2.05) is 12.1 Å². The Morgan fingerprint density at radius 1 is 1.34 bits per heavy atom. The van der Waals surface area contributed by atoms with Crippen LogP contribution >= 0.6 is 0 Å². The minimum Gasteiger partial charge on any atom is -0.497 e. The van der Waals surface area contributed by atoms with Crippen LogP contribution in [0.5, 0.6) is 5.75 Å². The highest BCUT2D eigenvalue weighted by molar-refractivity contribution is 5.97. The van der Waals surface area contributed by atoms with Crippen molar-refractivity contribution in [2.75, 3.05) is 30.9 Å². The van der Waals surface area contributed by atoms with Crippen LogP contribution in [0.15, 0.2) is 42.7 Å². The monoisotopic (exact) mass is 395 g/mol. The molecule has 0 saturated carbocycles. The summed E-state index contributed by atoms with van der Waals surface area (Å²) in [6, 6.07) is 8.33. The average Bonchev–Trinajstić information content (AvgIpc) is 3.38. The Labute approximate surface area is 167 Å². The van der Waals surface area contributed by atoms with Gasteiger partial charge in [0.1, 0.15) is 23.2 Å². The molecule has 2 N–H and O–H groups in total. The van der Waals surface area contributed by atoms with Crippen LogP contribution in [0.25, 0.3) is 11.1 Å². The van der Waals surface area contributed by atoms with E-state index in [-0.39, 0.29) is 17.6 Å². The second-order valence-electron chi connectivity index (χ2n) is 6.98. The van der Waals surface area contributed by atoms with Crippen LogP contribution in [-0.2, 0) is 11.2 Å². The van der Waals surface area contributed by atoms with Crippen molar-refractivity contribution < 1.29 is 13.9 Å². The number of carbonyl (C=O) groups is 1. The SMILES string of the molecule is CNc1nc(N2CCC(Cc3cc(F)cc(OC)c3)C2=O)ccc1-c1cn[nH]c1. The van der Waals surface area contributed by atoms with Gasteiger partial charge in [0.05, 0.1) is 13.3 Å². The van der Waals surface area contributed by atoms with Gasteiger partial charge in [0.15, 0.2) is 0 Å². The van der Waals surface area contributed by atoms with Gasteiger partial charge in [-0.2, -0.15) is 5.10 Å². The molecule has 7 nitrogen and oxygen atoms in total. The van der Waals surface area contributed by atoms with Gasteiger partial charge < -0.3 is 10.1 Å². The summed E-state index contributed by atoms with van der Waals surface area (Å²) in [5.74, 6) is 1.16. The van der Waals surface area contributed by atoms with Crippen LogP contribution in [-0.4, -0.2) is 41.8 Å². The third-order valence-corrected chi connectivity index (χ3v) is 5.17. The maximum atomic E-state index is 13.8. The summed E-state index contributed by atoms with van der Waals surface area (Å²) in [5, 5.41) is 9.85. The number of aromatic nitrogens is 3. The summed E-state index contributed by atoms with van der Waals surface area (Å²) < 4.78 is 18.9.